The molecule has 0 saturated carbocycles. The van der Waals surface area contributed by atoms with Gasteiger partial charge in [0.1, 0.15) is 5.75 Å². The normalized spacial score (nSPS) is 9.57. The van der Waals surface area contributed by atoms with E-state index in [-0.39, 0.29) is 23.8 Å². The fourth-order valence-corrected chi connectivity index (χ4v) is 1.76. The van der Waals surface area contributed by atoms with Crippen molar-refractivity contribution in [2.45, 2.75) is 6.42 Å². The fourth-order valence-electron chi connectivity index (χ4n) is 1.76. The average Bonchev–Trinajstić information content (AvgIpc) is 2.48. The molecule has 2 aromatic carbocycles. The van der Waals surface area contributed by atoms with Gasteiger partial charge >= 0.3 is 0 Å². The molecular weight excluding hydrogens is 266 g/mol. The molecular formula is C17H15NO3. The van der Waals surface area contributed by atoms with Gasteiger partial charge < -0.3 is 15.5 Å². The molecule has 0 saturated heterocycles. The van der Waals surface area contributed by atoms with Crippen molar-refractivity contribution in [3.63, 3.8) is 0 Å². The van der Waals surface area contributed by atoms with Crippen molar-refractivity contribution in [3.05, 3.63) is 59.7 Å². The summed E-state index contributed by atoms with van der Waals surface area (Å²) in [6, 6.07) is 13.4. The van der Waals surface area contributed by atoms with Crippen molar-refractivity contribution in [2.75, 3.05) is 11.9 Å². The number of aliphatic hydroxyl groups is 1. The Morgan fingerprint density at radius 2 is 1.95 bits per heavy atom. The van der Waals surface area contributed by atoms with E-state index in [1.54, 1.807) is 36.4 Å². The zero-order valence-corrected chi connectivity index (χ0v) is 11.3. The van der Waals surface area contributed by atoms with E-state index < -0.39 is 0 Å². The van der Waals surface area contributed by atoms with Crippen molar-refractivity contribution in [1.29, 1.82) is 0 Å². The number of hydrogen-bond donors (Lipinski definition) is 3. The van der Waals surface area contributed by atoms with Gasteiger partial charge in [0.2, 0.25) is 0 Å². The number of anilines is 1. The lowest BCUT2D eigenvalue weighted by atomic mass is 10.1. The van der Waals surface area contributed by atoms with Crippen molar-refractivity contribution in [2.24, 2.45) is 0 Å². The van der Waals surface area contributed by atoms with Crippen molar-refractivity contribution in [1.82, 2.24) is 0 Å². The van der Waals surface area contributed by atoms with E-state index in [1.807, 2.05) is 6.07 Å². The van der Waals surface area contributed by atoms with E-state index in [9.17, 15) is 9.90 Å². The Hall–Kier alpha value is -2.77. The van der Waals surface area contributed by atoms with Crippen LogP contribution >= 0.6 is 0 Å². The van der Waals surface area contributed by atoms with Crippen LogP contribution in [-0.4, -0.2) is 22.7 Å². The van der Waals surface area contributed by atoms with Gasteiger partial charge in [-0.15, -0.1) is 0 Å². The third-order valence-corrected chi connectivity index (χ3v) is 2.74. The Morgan fingerprint density at radius 1 is 1.14 bits per heavy atom. The predicted molar refractivity (Wildman–Crippen MR) is 81.1 cm³/mol. The van der Waals surface area contributed by atoms with Crippen LogP contribution in [0.2, 0.25) is 0 Å². The van der Waals surface area contributed by atoms with Crippen LogP contribution in [-0.2, 0) is 0 Å². The third-order valence-electron chi connectivity index (χ3n) is 2.74. The number of para-hydroxylation sites is 1. The molecule has 4 heteroatoms. The number of nitrogens with one attached hydrogen (secondary N) is 1. The van der Waals surface area contributed by atoms with Crippen LogP contribution in [0.1, 0.15) is 22.3 Å². The first-order chi connectivity index (χ1) is 10.2. The number of rotatable bonds is 3. The van der Waals surface area contributed by atoms with Gasteiger partial charge in [0.05, 0.1) is 12.2 Å². The summed E-state index contributed by atoms with van der Waals surface area (Å²) in [6.07, 6.45) is 0.411. The first-order valence-corrected chi connectivity index (χ1v) is 6.50. The molecule has 0 aliphatic carbocycles. The maximum absolute atomic E-state index is 12.1. The molecule has 4 nitrogen and oxygen atoms in total. The Kier molecular flexibility index (Phi) is 4.97. The number of phenolic OH excluding ortho intramolecular Hbond substituents is 1. The summed E-state index contributed by atoms with van der Waals surface area (Å²) in [7, 11) is 0. The van der Waals surface area contributed by atoms with Crippen molar-refractivity contribution >= 4 is 11.6 Å². The lowest BCUT2D eigenvalue weighted by Crippen LogP contribution is -2.11. The lowest BCUT2D eigenvalue weighted by molar-refractivity contribution is 0.102. The van der Waals surface area contributed by atoms with E-state index in [0.29, 0.717) is 12.1 Å². The molecule has 106 valence electrons. The molecule has 1 amide bonds. The molecule has 0 aliphatic heterocycles. The number of benzene rings is 2. The number of amides is 1. The van der Waals surface area contributed by atoms with Gasteiger partial charge in [-0.25, -0.2) is 0 Å². The Morgan fingerprint density at radius 3 is 2.71 bits per heavy atom. The summed E-state index contributed by atoms with van der Waals surface area (Å²) in [5.41, 5.74) is 1.56. The van der Waals surface area contributed by atoms with Crippen molar-refractivity contribution < 1.29 is 15.0 Å². The Labute approximate surface area is 123 Å². The average molecular weight is 281 g/mol. The number of carbonyl (C=O) groups excluding carboxylic acids is 1. The van der Waals surface area contributed by atoms with Gasteiger partial charge in [0.15, 0.2) is 0 Å². The quantitative estimate of drug-likeness (QED) is 0.757. The molecule has 2 rings (SSSR count). The van der Waals surface area contributed by atoms with Crippen LogP contribution in [0.3, 0.4) is 0 Å². The van der Waals surface area contributed by atoms with Gasteiger partial charge in [-0.05, 0) is 30.3 Å². The van der Waals surface area contributed by atoms with Gasteiger partial charge in [0.25, 0.3) is 5.91 Å². The molecule has 2 aromatic rings. The Balaban J connectivity index is 2.14. The zero-order chi connectivity index (χ0) is 15.1. The lowest BCUT2D eigenvalue weighted by Gasteiger charge is -2.07. The maximum atomic E-state index is 12.1. The van der Waals surface area contributed by atoms with Crippen LogP contribution in [0.4, 0.5) is 5.69 Å². The first-order valence-electron chi connectivity index (χ1n) is 6.50. The highest BCUT2D eigenvalue weighted by atomic mass is 16.3. The number of phenols is 1. The molecule has 0 bridgehead atoms. The molecule has 21 heavy (non-hydrogen) atoms. The molecule has 0 unspecified atom stereocenters. The van der Waals surface area contributed by atoms with Gasteiger partial charge in [-0.3, -0.25) is 4.79 Å². The summed E-state index contributed by atoms with van der Waals surface area (Å²) < 4.78 is 0. The van der Waals surface area contributed by atoms with Gasteiger partial charge in [0, 0.05) is 17.7 Å². The molecule has 0 atom stereocenters. The van der Waals surface area contributed by atoms with E-state index in [2.05, 4.69) is 17.2 Å². The van der Waals surface area contributed by atoms with E-state index in [0.717, 1.165) is 5.56 Å². The highest BCUT2D eigenvalue weighted by Crippen LogP contribution is 2.18. The summed E-state index contributed by atoms with van der Waals surface area (Å²) in [5, 5.41) is 21.1. The second-order valence-electron chi connectivity index (χ2n) is 4.33. The third kappa shape index (κ3) is 4.10. The summed E-state index contributed by atoms with van der Waals surface area (Å²) >= 11 is 0. The predicted octanol–water partition coefficient (Wildman–Crippen LogP) is 2.38. The van der Waals surface area contributed by atoms with Crippen LogP contribution in [0, 0.1) is 11.8 Å². The SMILES string of the molecule is O=C(Nc1cccc(C#CCCO)c1)c1ccccc1O. The molecule has 0 radical (unpaired) electrons. The minimum atomic E-state index is -0.381. The van der Waals surface area contributed by atoms with Gasteiger partial charge in [-0.2, -0.15) is 0 Å². The highest BCUT2D eigenvalue weighted by molar-refractivity contribution is 6.06. The summed E-state index contributed by atoms with van der Waals surface area (Å²) in [6.45, 7) is 0.0245. The Bertz CT molecular complexity index is 698. The first kappa shape index (κ1) is 14.6. The highest BCUT2D eigenvalue weighted by Gasteiger charge is 2.10. The number of aliphatic hydroxyl groups excluding tert-OH is 1. The fraction of sp³-hybridized carbons (Fsp3) is 0.118. The monoisotopic (exact) mass is 281 g/mol. The molecule has 0 aromatic heterocycles. The molecule has 0 fully saturated rings. The number of aromatic hydroxyl groups is 1. The smallest absolute Gasteiger partial charge is 0.259 e. The van der Waals surface area contributed by atoms with Crippen LogP contribution in [0.5, 0.6) is 5.75 Å². The molecule has 3 N–H and O–H groups in total. The second kappa shape index (κ2) is 7.13. The number of carbonyl (C=O) groups is 1. The van der Waals surface area contributed by atoms with Crippen LogP contribution < -0.4 is 5.32 Å². The summed E-state index contributed by atoms with van der Waals surface area (Å²) in [5.74, 6) is 5.28. The minimum Gasteiger partial charge on any atom is -0.507 e. The topological polar surface area (TPSA) is 69.6 Å². The standard InChI is InChI=1S/C17H15NO3/c19-11-4-3-6-13-7-5-8-14(12-13)18-17(21)15-9-1-2-10-16(15)20/h1-2,5,7-10,12,19-20H,4,11H2,(H,18,21). The molecule has 0 heterocycles. The van der Waals surface area contributed by atoms with Gasteiger partial charge in [-0.1, -0.05) is 30.0 Å². The molecule has 0 spiro atoms. The van der Waals surface area contributed by atoms with Crippen LogP contribution in [0.25, 0.3) is 0 Å². The summed E-state index contributed by atoms with van der Waals surface area (Å²) in [4.78, 5) is 12.1. The second-order valence-corrected chi connectivity index (χ2v) is 4.33. The van der Waals surface area contributed by atoms with E-state index in [1.165, 1.54) is 6.07 Å². The van der Waals surface area contributed by atoms with Crippen molar-refractivity contribution in [3.8, 4) is 17.6 Å². The minimum absolute atomic E-state index is 0.0245. The number of hydrogen-bond acceptors (Lipinski definition) is 3. The zero-order valence-electron chi connectivity index (χ0n) is 11.3. The van der Waals surface area contributed by atoms with Crippen LogP contribution in [0.15, 0.2) is 48.5 Å². The van der Waals surface area contributed by atoms with E-state index >= 15 is 0 Å². The maximum Gasteiger partial charge on any atom is 0.259 e. The largest absolute Gasteiger partial charge is 0.507 e. The van der Waals surface area contributed by atoms with E-state index in [4.69, 9.17) is 5.11 Å². The molecule has 0 aliphatic rings.